The average molecular weight is 239 g/mol. The fraction of sp³-hybridized carbons (Fsp3) is 0.167. The van der Waals surface area contributed by atoms with Crippen molar-refractivity contribution >= 4 is 11.3 Å². The maximum atomic E-state index is 13.4. The van der Waals surface area contributed by atoms with Crippen molar-refractivity contribution in [3.8, 4) is 0 Å². The predicted octanol–water partition coefficient (Wildman–Crippen LogP) is 3.27. The van der Waals surface area contributed by atoms with Crippen molar-refractivity contribution < 1.29 is 8.78 Å². The van der Waals surface area contributed by atoms with E-state index in [-0.39, 0.29) is 5.56 Å². The van der Waals surface area contributed by atoms with Gasteiger partial charge in [0, 0.05) is 22.9 Å². The minimum absolute atomic E-state index is 0.230. The fourth-order valence-corrected chi connectivity index (χ4v) is 2.33. The number of thiophene rings is 1. The van der Waals surface area contributed by atoms with Gasteiger partial charge in [0.05, 0.1) is 0 Å². The SMILES string of the molecule is NC(Cc1cccs1)c1cccc(F)c1F. The molecular formula is C12H11F2NS. The maximum Gasteiger partial charge on any atom is 0.163 e. The highest BCUT2D eigenvalue weighted by Gasteiger charge is 2.15. The third-order valence-corrected chi connectivity index (χ3v) is 3.28. The number of halogens is 2. The van der Waals surface area contributed by atoms with Gasteiger partial charge in [-0.2, -0.15) is 0 Å². The third-order valence-electron chi connectivity index (χ3n) is 2.38. The van der Waals surface area contributed by atoms with E-state index in [4.69, 9.17) is 5.73 Å². The van der Waals surface area contributed by atoms with Gasteiger partial charge in [0.1, 0.15) is 0 Å². The average Bonchev–Trinajstić information content (AvgIpc) is 2.74. The van der Waals surface area contributed by atoms with Gasteiger partial charge in [-0.25, -0.2) is 8.78 Å². The van der Waals surface area contributed by atoms with E-state index in [1.54, 1.807) is 11.3 Å². The van der Waals surface area contributed by atoms with Gasteiger partial charge in [-0.15, -0.1) is 11.3 Å². The lowest BCUT2D eigenvalue weighted by atomic mass is 10.0. The topological polar surface area (TPSA) is 26.0 Å². The molecule has 0 aliphatic heterocycles. The van der Waals surface area contributed by atoms with E-state index in [0.717, 1.165) is 10.9 Å². The molecule has 0 aliphatic rings. The van der Waals surface area contributed by atoms with Crippen molar-refractivity contribution in [3.63, 3.8) is 0 Å². The molecular weight excluding hydrogens is 228 g/mol. The number of rotatable bonds is 3. The summed E-state index contributed by atoms with van der Waals surface area (Å²) in [6, 6.07) is 7.43. The number of hydrogen-bond acceptors (Lipinski definition) is 2. The highest BCUT2D eigenvalue weighted by Crippen LogP contribution is 2.22. The van der Waals surface area contributed by atoms with Crippen LogP contribution in [0.4, 0.5) is 8.78 Å². The second kappa shape index (κ2) is 4.72. The molecule has 1 nitrogen and oxygen atoms in total. The Kier molecular flexibility index (Phi) is 3.31. The van der Waals surface area contributed by atoms with Crippen molar-refractivity contribution in [1.82, 2.24) is 0 Å². The Balaban J connectivity index is 2.21. The Bertz CT molecular complexity index is 468. The molecule has 0 radical (unpaired) electrons. The highest BCUT2D eigenvalue weighted by molar-refractivity contribution is 7.09. The molecule has 2 N–H and O–H groups in total. The van der Waals surface area contributed by atoms with Crippen LogP contribution in [0.15, 0.2) is 35.7 Å². The maximum absolute atomic E-state index is 13.4. The van der Waals surface area contributed by atoms with Gasteiger partial charge < -0.3 is 5.73 Å². The summed E-state index contributed by atoms with van der Waals surface area (Å²) in [5, 5.41) is 1.93. The monoisotopic (exact) mass is 239 g/mol. The van der Waals surface area contributed by atoms with Crippen molar-refractivity contribution in [1.29, 1.82) is 0 Å². The molecule has 2 aromatic rings. The summed E-state index contributed by atoms with van der Waals surface area (Å²) in [7, 11) is 0. The van der Waals surface area contributed by atoms with Crippen LogP contribution >= 0.6 is 11.3 Å². The van der Waals surface area contributed by atoms with Gasteiger partial charge in [-0.3, -0.25) is 0 Å². The molecule has 0 amide bonds. The second-order valence-electron chi connectivity index (χ2n) is 3.53. The number of nitrogens with two attached hydrogens (primary N) is 1. The summed E-state index contributed by atoms with van der Waals surface area (Å²) in [4.78, 5) is 1.07. The second-order valence-corrected chi connectivity index (χ2v) is 4.57. The quantitative estimate of drug-likeness (QED) is 0.874. The lowest BCUT2D eigenvalue weighted by Gasteiger charge is -2.12. The van der Waals surface area contributed by atoms with Crippen molar-refractivity contribution in [3.05, 3.63) is 57.8 Å². The molecule has 0 saturated carbocycles. The summed E-state index contributed by atoms with van der Waals surface area (Å²) in [5.74, 6) is -1.69. The predicted molar refractivity (Wildman–Crippen MR) is 61.3 cm³/mol. The Morgan fingerprint density at radius 3 is 2.69 bits per heavy atom. The molecule has 1 aromatic carbocycles. The first-order valence-electron chi connectivity index (χ1n) is 4.90. The van der Waals surface area contributed by atoms with Gasteiger partial charge >= 0.3 is 0 Å². The molecule has 16 heavy (non-hydrogen) atoms. The molecule has 1 aromatic heterocycles. The Morgan fingerprint density at radius 1 is 1.19 bits per heavy atom. The van der Waals surface area contributed by atoms with Crippen molar-refractivity contribution in [2.24, 2.45) is 5.73 Å². The summed E-state index contributed by atoms with van der Waals surface area (Å²) in [6.07, 6.45) is 0.526. The van der Waals surface area contributed by atoms with Crippen LogP contribution in [-0.4, -0.2) is 0 Å². The van der Waals surface area contributed by atoms with Gasteiger partial charge in [0.2, 0.25) is 0 Å². The summed E-state index contributed by atoms with van der Waals surface area (Å²) >= 11 is 1.56. The van der Waals surface area contributed by atoms with Crippen LogP contribution in [0, 0.1) is 11.6 Å². The molecule has 0 aliphatic carbocycles. The molecule has 1 atom stereocenters. The minimum Gasteiger partial charge on any atom is -0.324 e. The molecule has 0 spiro atoms. The first-order chi connectivity index (χ1) is 7.68. The first kappa shape index (κ1) is 11.2. The van der Waals surface area contributed by atoms with Gasteiger partial charge in [0.15, 0.2) is 11.6 Å². The fourth-order valence-electron chi connectivity index (χ4n) is 1.56. The zero-order valence-electron chi connectivity index (χ0n) is 8.49. The van der Waals surface area contributed by atoms with E-state index in [9.17, 15) is 8.78 Å². The van der Waals surface area contributed by atoms with E-state index in [2.05, 4.69) is 0 Å². The smallest absolute Gasteiger partial charge is 0.163 e. The molecule has 4 heteroatoms. The number of benzene rings is 1. The number of hydrogen-bond donors (Lipinski definition) is 1. The molecule has 1 unspecified atom stereocenters. The molecule has 0 bridgehead atoms. The van der Waals surface area contributed by atoms with Gasteiger partial charge in [0.25, 0.3) is 0 Å². The van der Waals surface area contributed by atoms with Crippen LogP contribution < -0.4 is 5.73 Å². The minimum atomic E-state index is -0.848. The zero-order valence-corrected chi connectivity index (χ0v) is 9.31. The lowest BCUT2D eigenvalue weighted by molar-refractivity contribution is 0.488. The van der Waals surface area contributed by atoms with Crippen molar-refractivity contribution in [2.75, 3.05) is 0 Å². The Labute approximate surface area is 96.5 Å². The van der Waals surface area contributed by atoms with Gasteiger partial charge in [-0.05, 0) is 17.5 Å². The standard InChI is InChI=1S/C12H11F2NS/c13-10-5-1-4-9(12(10)14)11(15)7-8-3-2-6-16-8/h1-6,11H,7,15H2. The molecule has 1 heterocycles. The lowest BCUT2D eigenvalue weighted by Crippen LogP contribution is -2.15. The van der Waals surface area contributed by atoms with Crippen LogP contribution in [0.25, 0.3) is 0 Å². The van der Waals surface area contributed by atoms with Crippen LogP contribution in [0.1, 0.15) is 16.5 Å². The van der Waals surface area contributed by atoms with Gasteiger partial charge in [-0.1, -0.05) is 18.2 Å². The van der Waals surface area contributed by atoms with Crippen LogP contribution in [-0.2, 0) is 6.42 Å². The van der Waals surface area contributed by atoms with E-state index in [1.807, 2.05) is 17.5 Å². The van der Waals surface area contributed by atoms with Crippen LogP contribution in [0.5, 0.6) is 0 Å². The van der Waals surface area contributed by atoms with Crippen LogP contribution in [0.2, 0.25) is 0 Å². The molecule has 0 saturated heterocycles. The Hall–Kier alpha value is -1.26. The Morgan fingerprint density at radius 2 is 2.00 bits per heavy atom. The van der Waals surface area contributed by atoms with E-state index < -0.39 is 17.7 Å². The third kappa shape index (κ3) is 2.28. The van der Waals surface area contributed by atoms with E-state index >= 15 is 0 Å². The normalized spacial score (nSPS) is 12.7. The molecule has 2 rings (SSSR count). The van der Waals surface area contributed by atoms with Crippen LogP contribution in [0.3, 0.4) is 0 Å². The van der Waals surface area contributed by atoms with E-state index in [1.165, 1.54) is 12.1 Å². The molecule has 0 fully saturated rings. The van der Waals surface area contributed by atoms with Crippen molar-refractivity contribution in [2.45, 2.75) is 12.5 Å². The summed E-state index contributed by atoms with van der Waals surface area (Å²) in [6.45, 7) is 0. The first-order valence-corrected chi connectivity index (χ1v) is 5.78. The summed E-state index contributed by atoms with van der Waals surface area (Å²) < 4.78 is 26.4. The zero-order chi connectivity index (χ0) is 11.5. The van der Waals surface area contributed by atoms with E-state index in [0.29, 0.717) is 6.42 Å². The summed E-state index contributed by atoms with van der Waals surface area (Å²) in [5.41, 5.74) is 6.09. The largest absolute Gasteiger partial charge is 0.324 e. The molecule has 84 valence electrons. The highest BCUT2D eigenvalue weighted by atomic mass is 32.1.